The van der Waals surface area contributed by atoms with E-state index in [1.807, 2.05) is 36.0 Å². The number of nitrogens with one attached hydrogen (secondary N) is 1. The average Bonchev–Trinajstić information content (AvgIpc) is 2.98. The highest BCUT2D eigenvalue weighted by molar-refractivity contribution is 7.99. The van der Waals surface area contributed by atoms with Crippen molar-refractivity contribution in [2.75, 3.05) is 25.2 Å². The Bertz CT molecular complexity index is 552. The van der Waals surface area contributed by atoms with Gasteiger partial charge in [-0.3, -0.25) is 0 Å². The van der Waals surface area contributed by atoms with Gasteiger partial charge in [0.25, 0.3) is 0 Å². The van der Waals surface area contributed by atoms with Crippen molar-refractivity contribution in [1.82, 2.24) is 15.5 Å². The van der Waals surface area contributed by atoms with Gasteiger partial charge < -0.3 is 14.6 Å². The lowest BCUT2D eigenvalue weighted by Gasteiger charge is -2.19. The van der Waals surface area contributed by atoms with Gasteiger partial charge in [-0.05, 0) is 12.1 Å². The van der Waals surface area contributed by atoms with Crippen molar-refractivity contribution >= 4 is 11.8 Å². The molecule has 0 amide bonds. The van der Waals surface area contributed by atoms with Crippen LogP contribution in [0.3, 0.4) is 0 Å². The van der Waals surface area contributed by atoms with Crippen LogP contribution in [0.1, 0.15) is 11.9 Å². The lowest BCUT2D eigenvalue weighted by Crippen LogP contribution is -2.30. The molecule has 2 aromatic rings. The SMILES string of the molecule is COc1ccccc1-c1noc(C2CSCCN2)n1. The summed E-state index contributed by atoms with van der Waals surface area (Å²) in [5.41, 5.74) is 0.850. The summed E-state index contributed by atoms with van der Waals surface area (Å²) in [7, 11) is 1.64. The molecule has 0 bridgehead atoms. The van der Waals surface area contributed by atoms with Crippen LogP contribution in [0.4, 0.5) is 0 Å². The largest absolute Gasteiger partial charge is 0.496 e. The van der Waals surface area contributed by atoms with E-state index in [0.29, 0.717) is 11.7 Å². The predicted molar refractivity (Wildman–Crippen MR) is 74.4 cm³/mol. The summed E-state index contributed by atoms with van der Waals surface area (Å²) in [5.74, 6) is 4.07. The molecule has 3 rings (SSSR count). The van der Waals surface area contributed by atoms with Gasteiger partial charge in [0.1, 0.15) is 5.75 Å². The molecule has 1 N–H and O–H groups in total. The van der Waals surface area contributed by atoms with Crippen molar-refractivity contribution in [1.29, 1.82) is 0 Å². The summed E-state index contributed by atoms with van der Waals surface area (Å²) in [6, 6.07) is 7.82. The number of nitrogens with zero attached hydrogens (tertiary/aromatic N) is 2. The van der Waals surface area contributed by atoms with Crippen LogP contribution in [0.25, 0.3) is 11.4 Å². The molecule has 5 nitrogen and oxygen atoms in total. The number of hydrogen-bond donors (Lipinski definition) is 1. The van der Waals surface area contributed by atoms with Crippen molar-refractivity contribution in [3.8, 4) is 17.1 Å². The van der Waals surface area contributed by atoms with Gasteiger partial charge in [-0.1, -0.05) is 17.3 Å². The van der Waals surface area contributed by atoms with E-state index in [0.717, 1.165) is 29.4 Å². The fourth-order valence-electron chi connectivity index (χ4n) is 2.04. The number of hydrogen-bond acceptors (Lipinski definition) is 6. The van der Waals surface area contributed by atoms with Crippen LogP contribution in [0.2, 0.25) is 0 Å². The topological polar surface area (TPSA) is 60.2 Å². The molecule has 1 aliphatic rings. The van der Waals surface area contributed by atoms with Crippen LogP contribution in [0.15, 0.2) is 28.8 Å². The molecule has 2 heterocycles. The minimum atomic E-state index is 0.148. The molecule has 1 fully saturated rings. The maximum absolute atomic E-state index is 5.37. The third kappa shape index (κ3) is 2.59. The molecule has 1 aromatic carbocycles. The van der Waals surface area contributed by atoms with Gasteiger partial charge in [-0.25, -0.2) is 0 Å². The van der Waals surface area contributed by atoms with E-state index in [4.69, 9.17) is 9.26 Å². The minimum Gasteiger partial charge on any atom is -0.496 e. The van der Waals surface area contributed by atoms with Gasteiger partial charge in [0.05, 0.1) is 18.7 Å². The molecule has 19 heavy (non-hydrogen) atoms. The molecule has 0 spiro atoms. The van der Waals surface area contributed by atoms with Crippen molar-refractivity contribution in [3.05, 3.63) is 30.2 Å². The first kappa shape index (κ1) is 12.5. The maximum Gasteiger partial charge on any atom is 0.244 e. The third-order valence-electron chi connectivity index (χ3n) is 3.01. The molecule has 0 radical (unpaired) electrons. The number of aromatic nitrogens is 2. The third-order valence-corrected chi connectivity index (χ3v) is 4.07. The Balaban J connectivity index is 1.88. The van der Waals surface area contributed by atoms with Gasteiger partial charge in [-0.2, -0.15) is 16.7 Å². The zero-order valence-electron chi connectivity index (χ0n) is 10.6. The second kappa shape index (κ2) is 5.63. The zero-order valence-corrected chi connectivity index (χ0v) is 11.4. The van der Waals surface area contributed by atoms with E-state index >= 15 is 0 Å². The molecular weight excluding hydrogens is 262 g/mol. The molecule has 0 saturated carbocycles. The Morgan fingerprint density at radius 3 is 3.11 bits per heavy atom. The van der Waals surface area contributed by atoms with Crippen molar-refractivity contribution < 1.29 is 9.26 Å². The molecule has 1 saturated heterocycles. The highest BCUT2D eigenvalue weighted by Gasteiger charge is 2.22. The first-order valence-electron chi connectivity index (χ1n) is 6.16. The van der Waals surface area contributed by atoms with Gasteiger partial charge in [-0.15, -0.1) is 0 Å². The Morgan fingerprint density at radius 1 is 1.42 bits per heavy atom. The molecule has 1 unspecified atom stereocenters. The lowest BCUT2D eigenvalue weighted by atomic mass is 10.2. The zero-order chi connectivity index (χ0) is 13.1. The van der Waals surface area contributed by atoms with E-state index in [1.54, 1.807) is 7.11 Å². The molecule has 1 atom stereocenters. The van der Waals surface area contributed by atoms with Gasteiger partial charge in [0.2, 0.25) is 11.7 Å². The quantitative estimate of drug-likeness (QED) is 0.927. The number of ether oxygens (including phenoxy) is 1. The number of rotatable bonds is 3. The van der Waals surface area contributed by atoms with Crippen LogP contribution in [-0.2, 0) is 0 Å². The highest BCUT2D eigenvalue weighted by atomic mass is 32.2. The summed E-state index contributed by atoms with van der Waals surface area (Å²) < 4.78 is 10.7. The summed E-state index contributed by atoms with van der Waals surface area (Å²) in [5, 5.41) is 7.44. The number of thioether (sulfide) groups is 1. The summed E-state index contributed by atoms with van der Waals surface area (Å²) in [6.07, 6.45) is 0. The fraction of sp³-hybridized carbons (Fsp3) is 0.385. The Kier molecular flexibility index (Phi) is 3.70. The molecule has 1 aliphatic heterocycles. The highest BCUT2D eigenvalue weighted by Crippen LogP contribution is 2.29. The standard InChI is InChI=1S/C13H15N3O2S/c1-17-11-5-3-2-4-9(11)12-15-13(18-16-12)10-8-19-7-6-14-10/h2-5,10,14H,6-8H2,1H3. The molecule has 100 valence electrons. The Morgan fingerprint density at radius 2 is 2.32 bits per heavy atom. The summed E-state index contributed by atoms with van der Waals surface area (Å²) >= 11 is 1.90. The average molecular weight is 277 g/mol. The first-order chi connectivity index (χ1) is 9.38. The van der Waals surface area contributed by atoms with Gasteiger partial charge >= 0.3 is 0 Å². The fourth-order valence-corrected chi connectivity index (χ4v) is 2.96. The van der Waals surface area contributed by atoms with Crippen molar-refractivity contribution in [2.45, 2.75) is 6.04 Å². The first-order valence-corrected chi connectivity index (χ1v) is 7.32. The van der Waals surface area contributed by atoms with Crippen LogP contribution >= 0.6 is 11.8 Å². The van der Waals surface area contributed by atoms with E-state index in [-0.39, 0.29) is 6.04 Å². The van der Waals surface area contributed by atoms with Gasteiger partial charge in [0.15, 0.2) is 0 Å². The van der Waals surface area contributed by atoms with E-state index < -0.39 is 0 Å². The molecule has 6 heteroatoms. The van der Waals surface area contributed by atoms with Gasteiger partial charge in [0, 0.05) is 18.1 Å². The second-order valence-corrected chi connectivity index (χ2v) is 5.39. The van der Waals surface area contributed by atoms with Crippen LogP contribution < -0.4 is 10.1 Å². The van der Waals surface area contributed by atoms with Crippen molar-refractivity contribution in [2.24, 2.45) is 0 Å². The maximum atomic E-state index is 5.37. The van der Waals surface area contributed by atoms with Crippen molar-refractivity contribution in [3.63, 3.8) is 0 Å². The Hall–Kier alpha value is -1.53. The summed E-state index contributed by atoms with van der Waals surface area (Å²) in [4.78, 5) is 4.48. The van der Waals surface area contributed by atoms with E-state index in [1.165, 1.54) is 0 Å². The number of benzene rings is 1. The Labute approximate surface area is 115 Å². The number of para-hydroxylation sites is 1. The van der Waals surface area contributed by atoms with Crippen LogP contribution in [0.5, 0.6) is 5.75 Å². The summed E-state index contributed by atoms with van der Waals surface area (Å²) in [6.45, 7) is 0.974. The van der Waals surface area contributed by atoms with Crippen LogP contribution in [0, 0.1) is 0 Å². The minimum absolute atomic E-state index is 0.148. The lowest BCUT2D eigenvalue weighted by molar-refractivity contribution is 0.342. The second-order valence-electron chi connectivity index (χ2n) is 4.24. The predicted octanol–water partition coefficient (Wildman–Crippen LogP) is 2.12. The van der Waals surface area contributed by atoms with E-state index in [9.17, 15) is 0 Å². The smallest absolute Gasteiger partial charge is 0.244 e. The van der Waals surface area contributed by atoms with E-state index in [2.05, 4.69) is 15.5 Å². The molecule has 0 aliphatic carbocycles. The normalized spacial score (nSPS) is 19.3. The monoisotopic (exact) mass is 277 g/mol. The molecular formula is C13H15N3O2S. The van der Waals surface area contributed by atoms with Crippen LogP contribution in [-0.4, -0.2) is 35.3 Å². The number of methoxy groups -OCH3 is 1. The molecule has 1 aromatic heterocycles.